The van der Waals surface area contributed by atoms with Crippen molar-refractivity contribution in [1.82, 2.24) is 25.4 Å². The van der Waals surface area contributed by atoms with Gasteiger partial charge in [0.05, 0.1) is 12.2 Å². The predicted octanol–water partition coefficient (Wildman–Crippen LogP) is 3.88. The molecule has 30 heavy (non-hydrogen) atoms. The van der Waals surface area contributed by atoms with E-state index in [1.807, 2.05) is 19.1 Å². The van der Waals surface area contributed by atoms with Crippen molar-refractivity contribution < 1.29 is 13.7 Å². The largest absolute Gasteiger partial charge is 0.345 e. The summed E-state index contributed by atoms with van der Waals surface area (Å²) < 4.78 is 19.3. The number of carbonyl (C=O) groups is 1. The van der Waals surface area contributed by atoms with Gasteiger partial charge in [-0.1, -0.05) is 11.2 Å². The van der Waals surface area contributed by atoms with Crippen LogP contribution >= 0.6 is 0 Å². The first kappa shape index (κ1) is 19.4. The maximum absolute atomic E-state index is 14.4. The van der Waals surface area contributed by atoms with E-state index in [4.69, 9.17) is 4.52 Å². The summed E-state index contributed by atoms with van der Waals surface area (Å²) in [7, 11) is 0. The number of aromatic nitrogens is 4. The first-order chi connectivity index (χ1) is 14.5. The summed E-state index contributed by atoms with van der Waals surface area (Å²) in [6, 6.07) is 11.7. The third-order valence-electron chi connectivity index (χ3n) is 4.41. The van der Waals surface area contributed by atoms with E-state index < -0.39 is 5.82 Å². The minimum absolute atomic E-state index is 0.108. The van der Waals surface area contributed by atoms with Crippen molar-refractivity contribution in [3.63, 3.8) is 0 Å². The lowest BCUT2D eigenvalue weighted by atomic mass is 10.00. The Hall–Kier alpha value is -3.94. The van der Waals surface area contributed by atoms with Crippen LogP contribution in [0.4, 0.5) is 4.39 Å². The molecule has 0 aliphatic rings. The van der Waals surface area contributed by atoms with Crippen LogP contribution in [-0.4, -0.2) is 26.0 Å². The molecule has 0 spiro atoms. The van der Waals surface area contributed by atoms with Crippen LogP contribution in [0.3, 0.4) is 0 Å². The highest BCUT2D eigenvalue weighted by Crippen LogP contribution is 2.28. The Labute approximate surface area is 172 Å². The lowest BCUT2D eigenvalue weighted by Crippen LogP contribution is -2.23. The Balaban J connectivity index is 1.72. The third kappa shape index (κ3) is 4.22. The van der Waals surface area contributed by atoms with Gasteiger partial charge in [-0.3, -0.25) is 14.8 Å². The summed E-state index contributed by atoms with van der Waals surface area (Å²) in [6.07, 6.45) is 3.25. The van der Waals surface area contributed by atoms with Gasteiger partial charge < -0.3 is 9.84 Å². The zero-order valence-electron chi connectivity index (χ0n) is 16.4. The van der Waals surface area contributed by atoms with Gasteiger partial charge in [0.15, 0.2) is 5.82 Å². The Morgan fingerprint density at radius 2 is 1.93 bits per heavy atom. The molecule has 7 nitrogen and oxygen atoms in total. The maximum Gasteiger partial charge on any atom is 0.251 e. The van der Waals surface area contributed by atoms with Gasteiger partial charge in [0.1, 0.15) is 11.5 Å². The molecule has 0 atom stereocenters. The molecule has 0 radical (unpaired) electrons. The number of amides is 1. The van der Waals surface area contributed by atoms with Crippen LogP contribution in [0.15, 0.2) is 59.4 Å². The Morgan fingerprint density at radius 1 is 1.10 bits per heavy atom. The van der Waals surface area contributed by atoms with Gasteiger partial charge in [0.25, 0.3) is 5.91 Å². The molecule has 3 aromatic heterocycles. The van der Waals surface area contributed by atoms with Crippen LogP contribution in [0.1, 0.15) is 27.6 Å². The second-order valence-corrected chi connectivity index (χ2v) is 6.77. The minimum atomic E-state index is -0.472. The van der Waals surface area contributed by atoms with Gasteiger partial charge in [0.2, 0.25) is 5.89 Å². The van der Waals surface area contributed by atoms with E-state index in [-0.39, 0.29) is 18.1 Å². The van der Waals surface area contributed by atoms with Gasteiger partial charge in [-0.15, -0.1) is 0 Å². The number of carbonyl (C=O) groups excluding carboxylic acids is 1. The van der Waals surface area contributed by atoms with E-state index in [0.717, 1.165) is 5.56 Å². The van der Waals surface area contributed by atoms with Crippen molar-refractivity contribution >= 4 is 5.91 Å². The summed E-state index contributed by atoms with van der Waals surface area (Å²) >= 11 is 0. The van der Waals surface area contributed by atoms with Crippen LogP contribution in [0, 0.1) is 19.7 Å². The number of rotatable bonds is 5. The van der Waals surface area contributed by atoms with Gasteiger partial charge in [-0.05, 0) is 48.9 Å². The number of nitrogens with one attached hydrogen (secondary N) is 1. The Kier molecular flexibility index (Phi) is 5.30. The van der Waals surface area contributed by atoms with Crippen molar-refractivity contribution in [3.8, 4) is 22.5 Å². The topological polar surface area (TPSA) is 93.8 Å². The number of benzene rings is 1. The number of hydrogen-bond donors (Lipinski definition) is 1. The van der Waals surface area contributed by atoms with Gasteiger partial charge in [-0.2, -0.15) is 4.98 Å². The molecule has 1 amide bonds. The first-order valence-corrected chi connectivity index (χ1v) is 9.26. The van der Waals surface area contributed by atoms with E-state index >= 15 is 0 Å². The summed E-state index contributed by atoms with van der Waals surface area (Å²) in [6.45, 7) is 3.72. The van der Waals surface area contributed by atoms with E-state index in [1.165, 1.54) is 18.3 Å². The molecule has 8 heteroatoms. The summed E-state index contributed by atoms with van der Waals surface area (Å²) in [5.74, 6) is -0.0445. The lowest BCUT2D eigenvalue weighted by molar-refractivity contribution is 0.0949. The molecule has 4 rings (SSSR count). The molecule has 0 fully saturated rings. The standard InChI is InChI=1S/C22H18FN5O2/c1-13-5-6-19(25-11-13)15-8-16(21-18(23)4-3-7-24-21)10-17(9-15)22(29)26-12-20-27-14(2)30-28-20/h3-11H,12H2,1-2H3,(H,26,29). The molecule has 4 aromatic rings. The summed E-state index contributed by atoms with van der Waals surface area (Å²) in [5, 5.41) is 6.51. The predicted molar refractivity (Wildman–Crippen MR) is 108 cm³/mol. The zero-order valence-corrected chi connectivity index (χ0v) is 16.4. The molecule has 0 saturated carbocycles. The molecule has 1 N–H and O–H groups in total. The first-order valence-electron chi connectivity index (χ1n) is 9.26. The van der Waals surface area contributed by atoms with Crippen molar-refractivity contribution in [3.05, 3.63) is 83.5 Å². The van der Waals surface area contributed by atoms with Crippen molar-refractivity contribution in [2.75, 3.05) is 0 Å². The van der Waals surface area contributed by atoms with Crippen LogP contribution in [-0.2, 0) is 6.54 Å². The SMILES string of the molecule is Cc1ccc(-c2cc(C(=O)NCc3noc(C)n3)cc(-c3ncccc3F)c2)nc1. The lowest BCUT2D eigenvalue weighted by Gasteiger charge is -2.10. The fraction of sp³-hybridized carbons (Fsp3) is 0.136. The quantitative estimate of drug-likeness (QED) is 0.544. The number of nitrogens with zero attached hydrogens (tertiary/aromatic N) is 4. The molecular weight excluding hydrogens is 385 g/mol. The molecule has 0 saturated heterocycles. The van der Waals surface area contributed by atoms with E-state index in [1.54, 1.807) is 31.3 Å². The molecular formula is C22H18FN5O2. The van der Waals surface area contributed by atoms with Crippen LogP contribution in [0.2, 0.25) is 0 Å². The summed E-state index contributed by atoms with van der Waals surface area (Å²) in [5.41, 5.74) is 3.34. The molecule has 0 aliphatic carbocycles. The average Bonchev–Trinajstić information content (AvgIpc) is 3.17. The number of halogens is 1. The van der Waals surface area contributed by atoms with Crippen molar-refractivity contribution in [1.29, 1.82) is 0 Å². The highest BCUT2D eigenvalue weighted by Gasteiger charge is 2.15. The second-order valence-electron chi connectivity index (χ2n) is 6.77. The summed E-state index contributed by atoms with van der Waals surface area (Å²) in [4.78, 5) is 25.4. The maximum atomic E-state index is 14.4. The van der Waals surface area contributed by atoms with Crippen molar-refractivity contribution in [2.45, 2.75) is 20.4 Å². The normalized spacial score (nSPS) is 10.8. The highest BCUT2D eigenvalue weighted by molar-refractivity contribution is 5.97. The van der Waals surface area contributed by atoms with Crippen molar-refractivity contribution in [2.24, 2.45) is 0 Å². The van der Waals surface area contributed by atoms with E-state index in [0.29, 0.717) is 34.1 Å². The van der Waals surface area contributed by atoms with Gasteiger partial charge >= 0.3 is 0 Å². The molecule has 0 aliphatic heterocycles. The second kappa shape index (κ2) is 8.20. The van der Waals surface area contributed by atoms with Crippen LogP contribution in [0.5, 0.6) is 0 Å². The smallest absolute Gasteiger partial charge is 0.251 e. The molecule has 0 bridgehead atoms. The fourth-order valence-corrected chi connectivity index (χ4v) is 2.95. The Morgan fingerprint density at radius 3 is 2.63 bits per heavy atom. The third-order valence-corrected chi connectivity index (χ3v) is 4.41. The Bertz CT molecular complexity index is 1200. The zero-order chi connectivity index (χ0) is 21.1. The molecule has 1 aromatic carbocycles. The number of pyridine rings is 2. The molecule has 0 unspecified atom stereocenters. The fourth-order valence-electron chi connectivity index (χ4n) is 2.95. The molecule has 150 valence electrons. The van der Waals surface area contributed by atoms with Gasteiger partial charge in [-0.25, -0.2) is 4.39 Å². The minimum Gasteiger partial charge on any atom is -0.345 e. The van der Waals surface area contributed by atoms with Crippen LogP contribution < -0.4 is 5.32 Å². The van der Waals surface area contributed by atoms with E-state index in [2.05, 4.69) is 25.4 Å². The molecule has 3 heterocycles. The number of aryl methyl sites for hydroxylation is 2. The number of hydrogen-bond acceptors (Lipinski definition) is 6. The van der Waals surface area contributed by atoms with E-state index in [9.17, 15) is 9.18 Å². The average molecular weight is 403 g/mol. The van der Waals surface area contributed by atoms with Gasteiger partial charge in [0, 0.05) is 36.0 Å². The van der Waals surface area contributed by atoms with Crippen LogP contribution in [0.25, 0.3) is 22.5 Å². The monoisotopic (exact) mass is 403 g/mol. The highest BCUT2D eigenvalue weighted by atomic mass is 19.1.